The van der Waals surface area contributed by atoms with Crippen molar-refractivity contribution < 1.29 is 9.13 Å². The summed E-state index contributed by atoms with van der Waals surface area (Å²) in [6.07, 6.45) is 1.87. The molecular weight excluding hydrogens is 255 g/mol. The van der Waals surface area contributed by atoms with Crippen LogP contribution in [0.2, 0.25) is 0 Å². The van der Waals surface area contributed by atoms with E-state index in [1.165, 1.54) is 6.07 Å². The van der Waals surface area contributed by atoms with E-state index in [2.05, 4.69) is 11.8 Å². The summed E-state index contributed by atoms with van der Waals surface area (Å²) in [5.74, 6) is 0.354. The average Bonchev–Trinajstić information content (AvgIpc) is 2.39. The molecule has 0 aromatic heterocycles. The number of nitrogens with two attached hydrogens (primary N) is 1. The highest BCUT2D eigenvalue weighted by Gasteiger charge is 2.28. The molecule has 0 amide bonds. The predicted octanol–water partition coefficient (Wildman–Crippen LogP) is 2.58. The number of anilines is 1. The van der Waals surface area contributed by atoms with Crippen LogP contribution in [0, 0.1) is 11.7 Å². The number of hydrogen-bond acceptors (Lipinski definition) is 3. The number of ether oxygens (including phenoxy) is 1. The van der Waals surface area contributed by atoms with E-state index in [4.69, 9.17) is 10.5 Å². The number of methoxy groups -OCH3 is 1. The van der Waals surface area contributed by atoms with E-state index in [9.17, 15) is 4.39 Å². The van der Waals surface area contributed by atoms with Crippen molar-refractivity contribution in [3.05, 3.63) is 29.6 Å². The monoisotopic (exact) mass is 280 g/mol. The second-order valence-electron chi connectivity index (χ2n) is 5.92. The molecule has 0 saturated carbocycles. The lowest BCUT2D eigenvalue weighted by atomic mass is 9.94. The van der Waals surface area contributed by atoms with Crippen LogP contribution in [0.25, 0.3) is 0 Å². The van der Waals surface area contributed by atoms with Gasteiger partial charge in [0.1, 0.15) is 5.82 Å². The van der Waals surface area contributed by atoms with Crippen molar-refractivity contribution in [2.24, 2.45) is 11.7 Å². The Morgan fingerprint density at radius 3 is 2.90 bits per heavy atom. The molecule has 1 saturated heterocycles. The van der Waals surface area contributed by atoms with E-state index in [1.54, 1.807) is 13.2 Å². The van der Waals surface area contributed by atoms with Crippen LogP contribution in [0.5, 0.6) is 0 Å². The topological polar surface area (TPSA) is 38.5 Å². The highest BCUT2D eigenvalue weighted by atomic mass is 19.1. The minimum atomic E-state index is -0.160. The Bertz CT molecular complexity index is 450. The number of rotatable bonds is 4. The van der Waals surface area contributed by atoms with E-state index in [0.717, 1.165) is 25.1 Å². The number of nitrogens with zero attached hydrogens (tertiary/aromatic N) is 1. The summed E-state index contributed by atoms with van der Waals surface area (Å²) in [4.78, 5) is 2.11. The fourth-order valence-electron chi connectivity index (χ4n) is 2.97. The van der Waals surface area contributed by atoms with Crippen LogP contribution in [-0.4, -0.2) is 32.3 Å². The molecular formula is C16H25FN2O. The number of hydrogen-bond donors (Lipinski definition) is 1. The fraction of sp³-hybridized carbons (Fsp3) is 0.625. The van der Waals surface area contributed by atoms with Crippen LogP contribution >= 0.6 is 0 Å². The predicted molar refractivity (Wildman–Crippen MR) is 80.5 cm³/mol. The van der Waals surface area contributed by atoms with Gasteiger partial charge in [0.2, 0.25) is 0 Å². The molecule has 1 aromatic rings. The molecule has 2 N–H and O–H groups in total. The Hall–Kier alpha value is -1.13. The lowest BCUT2D eigenvalue weighted by molar-refractivity contribution is 0.0496. The number of piperidine rings is 1. The van der Waals surface area contributed by atoms with Crippen LogP contribution in [0.15, 0.2) is 18.2 Å². The van der Waals surface area contributed by atoms with Crippen LogP contribution in [-0.2, 0) is 11.2 Å². The van der Waals surface area contributed by atoms with E-state index in [1.807, 2.05) is 13.0 Å². The van der Waals surface area contributed by atoms with Gasteiger partial charge in [-0.3, -0.25) is 0 Å². The summed E-state index contributed by atoms with van der Waals surface area (Å²) in [7, 11) is 1.73. The average molecular weight is 280 g/mol. The molecule has 1 heterocycles. The summed E-state index contributed by atoms with van der Waals surface area (Å²) in [6, 6.07) is 5.29. The second-order valence-corrected chi connectivity index (χ2v) is 5.92. The molecule has 1 aromatic carbocycles. The Morgan fingerprint density at radius 2 is 2.25 bits per heavy atom. The summed E-state index contributed by atoms with van der Waals surface area (Å²) >= 11 is 0. The van der Waals surface area contributed by atoms with Gasteiger partial charge in [-0.25, -0.2) is 4.39 Å². The quantitative estimate of drug-likeness (QED) is 0.921. The van der Waals surface area contributed by atoms with E-state index >= 15 is 0 Å². The molecule has 0 bridgehead atoms. The number of benzene rings is 1. The Balaban J connectivity index is 2.27. The fourth-order valence-corrected chi connectivity index (χ4v) is 2.97. The van der Waals surface area contributed by atoms with Crippen LogP contribution < -0.4 is 10.6 Å². The molecule has 3 unspecified atom stereocenters. The number of halogens is 1. The van der Waals surface area contributed by atoms with E-state index < -0.39 is 0 Å². The summed E-state index contributed by atoms with van der Waals surface area (Å²) < 4.78 is 19.8. The van der Waals surface area contributed by atoms with E-state index in [0.29, 0.717) is 18.0 Å². The van der Waals surface area contributed by atoms with Crippen molar-refractivity contribution in [3.8, 4) is 0 Å². The maximum Gasteiger partial charge on any atom is 0.146 e. The van der Waals surface area contributed by atoms with E-state index in [-0.39, 0.29) is 18.0 Å². The summed E-state index contributed by atoms with van der Waals surface area (Å²) in [6.45, 7) is 5.75. The smallest absolute Gasteiger partial charge is 0.146 e. The highest BCUT2D eigenvalue weighted by Crippen LogP contribution is 2.30. The first kappa shape index (κ1) is 15.3. The molecule has 20 heavy (non-hydrogen) atoms. The Morgan fingerprint density at radius 1 is 1.50 bits per heavy atom. The lowest BCUT2D eigenvalue weighted by Gasteiger charge is -2.38. The lowest BCUT2D eigenvalue weighted by Crippen LogP contribution is -2.44. The van der Waals surface area contributed by atoms with Crippen LogP contribution in [0.3, 0.4) is 0 Å². The van der Waals surface area contributed by atoms with Crippen molar-refractivity contribution in [1.82, 2.24) is 0 Å². The Labute approximate surface area is 120 Å². The van der Waals surface area contributed by atoms with Gasteiger partial charge in [-0.05, 0) is 37.3 Å². The second kappa shape index (κ2) is 6.55. The summed E-state index contributed by atoms with van der Waals surface area (Å²) in [5.41, 5.74) is 7.58. The first-order chi connectivity index (χ1) is 9.52. The molecule has 2 rings (SSSR count). The first-order valence-electron chi connectivity index (χ1n) is 7.33. The molecule has 1 aliphatic heterocycles. The zero-order valence-electron chi connectivity index (χ0n) is 12.6. The highest BCUT2D eigenvalue weighted by molar-refractivity contribution is 5.55. The molecule has 112 valence electrons. The van der Waals surface area contributed by atoms with Gasteiger partial charge in [-0.1, -0.05) is 19.1 Å². The third-order valence-electron chi connectivity index (χ3n) is 4.12. The summed E-state index contributed by atoms with van der Waals surface area (Å²) in [5, 5.41) is 0. The molecule has 4 heteroatoms. The van der Waals surface area contributed by atoms with Gasteiger partial charge in [0.25, 0.3) is 0 Å². The number of para-hydroxylation sites is 1. The minimum Gasteiger partial charge on any atom is -0.379 e. The third kappa shape index (κ3) is 3.30. The van der Waals surface area contributed by atoms with Crippen molar-refractivity contribution in [1.29, 1.82) is 0 Å². The zero-order chi connectivity index (χ0) is 14.7. The van der Waals surface area contributed by atoms with Gasteiger partial charge in [-0.15, -0.1) is 0 Å². The first-order valence-corrected chi connectivity index (χ1v) is 7.33. The van der Waals surface area contributed by atoms with Gasteiger partial charge in [0.15, 0.2) is 0 Å². The van der Waals surface area contributed by atoms with Crippen molar-refractivity contribution in [2.45, 2.75) is 38.8 Å². The maximum atomic E-state index is 14.3. The molecule has 0 spiro atoms. The van der Waals surface area contributed by atoms with Gasteiger partial charge in [0, 0.05) is 26.2 Å². The van der Waals surface area contributed by atoms with Crippen LogP contribution in [0.4, 0.5) is 10.1 Å². The van der Waals surface area contributed by atoms with Gasteiger partial charge in [-0.2, -0.15) is 0 Å². The molecule has 0 radical (unpaired) electrons. The third-order valence-corrected chi connectivity index (χ3v) is 4.12. The Kier molecular flexibility index (Phi) is 5.00. The van der Waals surface area contributed by atoms with Crippen molar-refractivity contribution in [2.75, 3.05) is 25.1 Å². The molecule has 3 nitrogen and oxygen atoms in total. The van der Waals surface area contributed by atoms with Crippen molar-refractivity contribution in [3.63, 3.8) is 0 Å². The maximum absolute atomic E-state index is 14.3. The molecule has 3 atom stereocenters. The molecule has 1 fully saturated rings. The van der Waals surface area contributed by atoms with Gasteiger partial charge < -0.3 is 15.4 Å². The minimum absolute atomic E-state index is 0.0255. The SMILES string of the molecule is COC1CN(c2c(F)cccc2CC(C)N)CCC1C. The van der Waals surface area contributed by atoms with Crippen LogP contribution in [0.1, 0.15) is 25.8 Å². The largest absolute Gasteiger partial charge is 0.379 e. The molecule has 0 aliphatic carbocycles. The molecule has 1 aliphatic rings. The normalized spacial score (nSPS) is 24.8. The van der Waals surface area contributed by atoms with Gasteiger partial charge >= 0.3 is 0 Å². The standard InChI is InChI=1S/C16H25FN2O/c1-11-7-8-19(10-15(11)20-3)16-13(9-12(2)18)5-4-6-14(16)17/h4-6,11-12,15H,7-10,18H2,1-3H3. The van der Waals surface area contributed by atoms with Gasteiger partial charge in [0.05, 0.1) is 11.8 Å². The zero-order valence-corrected chi connectivity index (χ0v) is 12.6. The van der Waals surface area contributed by atoms with Crippen molar-refractivity contribution >= 4 is 5.69 Å².